The van der Waals surface area contributed by atoms with Crippen molar-refractivity contribution in [2.45, 2.75) is 68.8 Å². The first-order valence-electron chi connectivity index (χ1n) is 13.4. The summed E-state index contributed by atoms with van der Waals surface area (Å²) >= 11 is 0. The predicted molar refractivity (Wildman–Crippen MR) is 140 cm³/mol. The van der Waals surface area contributed by atoms with Crippen molar-refractivity contribution < 1.29 is 24.3 Å². The Morgan fingerprint density at radius 1 is 0.763 bits per heavy atom. The zero-order valence-electron chi connectivity index (χ0n) is 21.3. The van der Waals surface area contributed by atoms with Crippen LogP contribution in [0.3, 0.4) is 0 Å². The fourth-order valence-electron chi connectivity index (χ4n) is 5.90. The van der Waals surface area contributed by atoms with E-state index in [1.165, 1.54) is 4.90 Å². The molecule has 3 heterocycles. The molecule has 2 aromatic carbocycles. The van der Waals surface area contributed by atoms with E-state index in [4.69, 9.17) is 0 Å². The van der Waals surface area contributed by atoms with Gasteiger partial charge in [-0.2, -0.15) is 0 Å². The van der Waals surface area contributed by atoms with E-state index in [-0.39, 0.29) is 37.1 Å². The van der Waals surface area contributed by atoms with Gasteiger partial charge in [-0.3, -0.25) is 19.2 Å². The van der Waals surface area contributed by atoms with Crippen LogP contribution in [0.1, 0.15) is 36.8 Å². The van der Waals surface area contributed by atoms with E-state index in [2.05, 4.69) is 10.6 Å². The molecule has 0 bridgehead atoms. The number of hydrogen-bond acceptors (Lipinski definition) is 5. The highest BCUT2D eigenvalue weighted by atomic mass is 16.3. The zero-order chi connectivity index (χ0) is 26.6. The molecule has 2 aromatic rings. The monoisotopic (exact) mass is 518 g/mol. The Labute approximate surface area is 222 Å². The van der Waals surface area contributed by atoms with Gasteiger partial charge in [-0.15, -0.1) is 0 Å². The Morgan fingerprint density at radius 2 is 1.42 bits per heavy atom. The molecule has 3 saturated heterocycles. The van der Waals surface area contributed by atoms with E-state index in [1.54, 1.807) is 4.90 Å². The number of nitrogens with one attached hydrogen (secondary N) is 2. The number of fused-ring (bicyclic) bond motifs is 2. The summed E-state index contributed by atoms with van der Waals surface area (Å²) in [6.07, 6.45) is 1.05. The minimum Gasteiger partial charge on any atom is -0.390 e. The molecule has 3 aliphatic heterocycles. The van der Waals surface area contributed by atoms with Crippen molar-refractivity contribution in [3.05, 3.63) is 71.8 Å². The molecular weight excluding hydrogens is 484 g/mol. The molecule has 1 unspecified atom stereocenters. The lowest BCUT2D eigenvalue weighted by Gasteiger charge is -2.33. The number of amides is 4. The second-order valence-electron chi connectivity index (χ2n) is 10.4. The summed E-state index contributed by atoms with van der Waals surface area (Å²) in [5.41, 5.74) is 1.83. The molecule has 0 radical (unpaired) electrons. The van der Waals surface area contributed by atoms with Crippen molar-refractivity contribution in [3.8, 4) is 0 Å². The highest BCUT2D eigenvalue weighted by molar-refractivity contribution is 5.96. The third-order valence-electron chi connectivity index (χ3n) is 7.76. The van der Waals surface area contributed by atoms with Crippen LogP contribution >= 0.6 is 0 Å². The van der Waals surface area contributed by atoms with Crippen LogP contribution in [0.4, 0.5) is 0 Å². The van der Waals surface area contributed by atoms with E-state index in [0.29, 0.717) is 32.2 Å². The summed E-state index contributed by atoms with van der Waals surface area (Å²) in [7, 11) is 0. The average Bonchev–Trinajstić information content (AvgIpc) is 3.55. The first-order valence-corrected chi connectivity index (χ1v) is 13.4. The molecule has 200 valence electrons. The Hall–Kier alpha value is -3.72. The normalized spacial score (nSPS) is 28.5. The van der Waals surface area contributed by atoms with Gasteiger partial charge in [0, 0.05) is 32.0 Å². The van der Waals surface area contributed by atoms with Crippen LogP contribution in [0.15, 0.2) is 60.7 Å². The highest BCUT2D eigenvalue weighted by Gasteiger charge is 2.47. The van der Waals surface area contributed by atoms with Crippen LogP contribution in [-0.4, -0.2) is 81.9 Å². The number of carbonyl (C=O) groups excluding carboxylic acids is 4. The summed E-state index contributed by atoms with van der Waals surface area (Å²) in [4.78, 5) is 57.3. The molecule has 0 aliphatic carbocycles. The largest absolute Gasteiger partial charge is 0.390 e. The van der Waals surface area contributed by atoms with Crippen LogP contribution in [-0.2, 0) is 32.0 Å². The van der Waals surface area contributed by atoms with Crippen molar-refractivity contribution in [3.63, 3.8) is 0 Å². The van der Waals surface area contributed by atoms with E-state index in [1.807, 2.05) is 60.7 Å². The number of benzene rings is 2. The Morgan fingerprint density at radius 3 is 2.11 bits per heavy atom. The molecule has 3 fully saturated rings. The first kappa shape index (κ1) is 25.9. The molecular formula is C29H34N4O5. The molecule has 3 N–H and O–H groups in total. The highest BCUT2D eigenvalue weighted by Crippen LogP contribution is 2.27. The van der Waals surface area contributed by atoms with Crippen molar-refractivity contribution in [2.24, 2.45) is 0 Å². The Bertz CT molecular complexity index is 1170. The quantitative estimate of drug-likeness (QED) is 0.553. The second kappa shape index (κ2) is 11.3. The van der Waals surface area contributed by atoms with Crippen LogP contribution in [0.2, 0.25) is 0 Å². The Kier molecular flexibility index (Phi) is 7.74. The standard InChI is InChI=1S/C29H34N4O5/c34-24-13-15-33-26(24)27(36)30-21(16-19-8-3-1-4-9-19)18-25(35)31-22(17-20-10-5-2-6-11-20)28(37)32-14-7-12-23(32)29(33)38/h1-6,8-11,21-24,26,34H,7,12-18H2,(H,30,36)(H,31,35)/t21?,22-,23-,24-,26-/m0/s1. The molecule has 5 rings (SSSR count). The van der Waals surface area contributed by atoms with Gasteiger partial charge in [0.25, 0.3) is 0 Å². The number of carbonyl (C=O) groups is 4. The maximum atomic E-state index is 13.8. The van der Waals surface area contributed by atoms with Crippen molar-refractivity contribution >= 4 is 23.6 Å². The van der Waals surface area contributed by atoms with Gasteiger partial charge < -0.3 is 25.5 Å². The maximum Gasteiger partial charge on any atom is 0.246 e. The minimum absolute atomic E-state index is 0.0423. The lowest BCUT2D eigenvalue weighted by molar-refractivity contribution is -0.148. The van der Waals surface area contributed by atoms with Gasteiger partial charge in [0.05, 0.1) is 6.10 Å². The number of aliphatic hydroxyl groups excluding tert-OH is 1. The third kappa shape index (κ3) is 5.57. The lowest BCUT2D eigenvalue weighted by Crippen LogP contribution is -2.57. The zero-order valence-corrected chi connectivity index (χ0v) is 21.3. The van der Waals surface area contributed by atoms with Gasteiger partial charge in [0.2, 0.25) is 23.6 Å². The molecule has 4 amide bonds. The van der Waals surface area contributed by atoms with E-state index in [0.717, 1.165) is 11.1 Å². The number of rotatable bonds is 4. The summed E-state index contributed by atoms with van der Waals surface area (Å²) in [5.74, 6) is -1.46. The second-order valence-corrected chi connectivity index (χ2v) is 10.4. The number of nitrogens with zero attached hydrogens (tertiary/aromatic N) is 2. The molecule has 5 atom stereocenters. The first-order chi connectivity index (χ1) is 18.4. The molecule has 0 spiro atoms. The maximum absolute atomic E-state index is 13.8. The van der Waals surface area contributed by atoms with Gasteiger partial charge >= 0.3 is 0 Å². The lowest BCUT2D eigenvalue weighted by atomic mass is 10.0. The molecule has 38 heavy (non-hydrogen) atoms. The summed E-state index contributed by atoms with van der Waals surface area (Å²) in [5, 5.41) is 16.5. The van der Waals surface area contributed by atoms with E-state index in [9.17, 15) is 24.3 Å². The fraction of sp³-hybridized carbons (Fsp3) is 0.448. The van der Waals surface area contributed by atoms with Crippen LogP contribution in [0.25, 0.3) is 0 Å². The van der Waals surface area contributed by atoms with Crippen LogP contribution in [0.5, 0.6) is 0 Å². The minimum atomic E-state index is -1.05. The van der Waals surface area contributed by atoms with Crippen LogP contribution < -0.4 is 10.6 Å². The summed E-state index contributed by atoms with van der Waals surface area (Å²) < 4.78 is 0. The van der Waals surface area contributed by atoms with Gasteiger partial charge in [-0.25, -0.2) is 0 Å². The number of hydrogen-bond donors (Lipinski definition) is 3. The molecule has 9 nitrogen and oxygen atoms in total. The topological polar surface area (TPSA) is 119 Å². The SMILES string of the molecule is O=C1CC(Cc2ccccc2)NC(=O)[C@@H]2[C@@H](O)CCN2C(=O)[C@@H]2CCCN2C(=O)[C@H](Cc2ccccc2)N1. The molecule has 0 aromatic heterocycles. The van der Waals surface area contributed by atoms with Crippen molar-refractivity contribution in [1.82, 2.24) is 20.4 Å². The molecule has 3 aliphatic rings. The number of aliphatic hydroxyl groups is 1. The molecule has 9 heteroatoms. The molecule has 0 saturated carbocycles. The average molecular weight is 519 g/mol. The van der Waals surface area contributed by atoms with E-state index < -0.39 is 36.2 Å². The van der Waals surface area contributed by atoms with Gasteiger partial charge in [-0.1, -0.05) is 60.7 Å². The van der Waals surface area contributed by atoms with Gasteiger partial charge in [-0.05, 0) is 36.8 Å². The van der Waals surface area contributed by atoms with Crippen LogP contribution in [0, 0.1) is 0 Å². The summed E-state index contributed by atoms with van der Waals surface area (Å²) in [6, 6.07) is 15.8. The van der Waals surface area contributed by atoms with Gasteiger partial charge in [0.15, 0.2) is 0 Å². The summed E-state index contributed by atoms with van der Waals surface area (Å²) in [6.45, 7) is 0.644. The van der Waals surface area contributed by atoms with Crippen molar-refractivity contribution in [1.29, 1.82) is 0 Å². The fourth-order valence-corrected chi connectivity index (χ4v) is 5.90. The predicted octanol–water partition coefficient (Wildman–Crippen LogP) is 0.798. The Balaban J connectivity index is 1.48. The van der Waals surface area contributed by atoms with Crippen molar-refractivity contribution in [2.75, 3.05) is 13.1 Å². The third-order valence-corrected chi connectivity index (χ3v) is 7.76. The smallest absolute Gasteiger partial charge is 0.246 e. The van der Waals surface area contributed by atoms with E-state index >= 15 is 0 Å². The van der Waals surface area contributed by atoms with Gasteiger partial charge in [0.1, 0.15) is 18.1 Å².